The molecule has 1 atom stereocenters. The zero-order valence-electron chi connectivity index (χ0n) is 5.37. The van der Waals surface area contributed by atoms with E-state index in [0.29, 0.717) is 4.91 Å². The molecule has 0 spiro atoms. The monoisotopic (exact) mass is 222 g/mol. The van der Waals surface area contributed by atoms with Gasteiger partial charge in [0.15, 0.2) is 0 Å². The van der Waals surface area contributed by atoms with Crippen LogP contribution in [0.25, 0.3) is 0 Å². The molecule has 0 bridgehead atoms. The van der Waals surface area contributed by atoms with Crippen molar-refractivity contribution in [3.63, 3.8) is 0 Å². The maximum Gasteiger partial charge on any atom is 0.341 e. The van der Waals surface area contributed by atoms with Crippen molar-refractivity contribution in [1.82, 2.24) is 0 Å². The quantitative estimate of drug-likeness (QED) is 0.740. The van der Waals surface area contributed by atoms with Gasteiger partial charge >= 0.3 is 5.97 Å². The standard InChI is InChI=1S/C6H7BrO2S/c1-10(7)4-2-3-5(10)6(8)9/h2-4H,1H3,(H,8,9). The van der Waals surface area contributed by atoms with Gasteiger partial charge in [-0.25, -0.2) is 4.79 Å². The first kappa shape index (κ1) is 7.88. The molecular weight excluding hydrogens is 216 g/mol. The van der Waals surface area contributed by atoms with Crippen LogP contribution in [0, 0.1) is 0 Å². The van der Waals surface area contributed by atoms with Crippen molar-refractivity contribution in [2.45, 2.75) is 0 Å². The molecule has 2 nitrogen and oxygen atoms in total. The van der Waals surface area contributed by atoms with Gasteiger partial charge in [0.25, 0.3) is 0 Å². The van der Waals surface area contributed by atoms with E-state index in [1.807, 2.05) is 11.7 Å². The molecule has 0 aliphatic carbocycles. The molecule has 0 fully saturated rings. The smallest absolute Gasteiger partial charge is 0.341 e. The largest absolute Gasteiger partial charge is 0.477 e. The minimum absolute atomic E-state index is 0.465. The Morgan fingerprint density at radius 3 is 2.60 bits per heavy atom. The summed E-state index contributed by atoms with van der Waals surface area (Å²) in [5.74, 6) is -0.834. The number of hydrogen-bond donors (Lipinski definition) is 1. The molecule has 1 N–H and O–H groups in total. The fourth-order valence-corrected chi connectivity index (χ4v) is 3.04. The molecule has 0 aromatic rings. The lowest BCUT2D eigenvalue weighted by molar-refractivity contribution is -0.131. The van der Waals surface area contributed by atoms with Gasteiger partial charge in [-0.15, -0.1) is 8.46 Å². The highest BCUT2D eigenvalue weighted by Gasteiger charge is 2.25. The second-order valence-corrected chi connectivity index (χ2v) is 8.55. The van der Waals surface area contributed by atoms with E-state index in [2.05, 4.69) is 14.8 Å². The van der Waals surface area contributed by atoms with Crippen LogP contribution in [-0.2, 0) is 4.79 Å². The summed E-state index contributed by atoms with van der Waals surface area (Å²) in [4.78, 5) is 11.0. The highest BCUT2D eigenvalue weighted by Crippen LogP contribution is 2.62. The fourth-order valence-electron chi connectivity index (χ4n) is 0.723. The number of rotatable bonds is 1. The molecule has 1 unspecified atom stereocenters. The lowest BCUT2D eigenvalue weighted by Gasteiger charge is -2.20. The number of carboxylic acid groups (broad SMARTS) is 1. The fraction of sp³-hybridized carbons (Fsp3) is 0.167. The summed E-state index contributed by atoms with van der Waals surface area (Å²) in [7, 11) is -1.29. The van der Waals surface area contributed by atoms with Gasteiger partial charge in [0.2, 0.25) is 0 Å². The van der Waals surface area contributed by atoms with Gasteiger partial charge in [0, 0.05) is 0 Å². The Kier molecular flexibility index (Phi) is 1.92. The van der Waals surface area contributed by atoms with Crippen LogP contribution in [0.15, 0.2) is 22.5 Å². The average molecular weight is 223 g/mol. The summed E-state index contributed by atoms with van der Waals surface area (Å²) >= 11 is 3.36. The first-order valence-electron chi connectivity index (χ1n) is 2.64. The van der Waals surface area contributed by atoms with Crippen LogP contribution < -0.4 is 0 Å². The normalized spacial score (nSPS) is 36.8. The average Bonchev–Trinajstić information content (AvgIpc) is 2.08. The van der Waals surface area contributed by atoms with E-state index in [1.54, 1.807) is 12.2 Å². The van der Waals surface area contributed by atoms with Crippen LogP contribution in [0.4, 0.5) is 0 Å². The van der Waals surface area contributed by atoms with Gasteiger partial charge in [0.1, 0.15) is 0 Å². The zero-order valence-corrected chi connectivity index (χ0v) is 7.78. The SMILES string of the molecule is CS1(Br)C=CC=C1C(=O)O. The van der Waals surface area contributed by atoms with Crippen LogP contribution in [-0.4, -0.2) is 17.3 Å². The minimum Gasteiger partial charge on any atom is -0.477 e. The molecule has 56 valence electrons. The van der Waals surface area contributed by atoms with E-state index in [9.17, 15) is 4.79 Å². The summed E-state index contributed by atoms with van der Waals surface area (Å²) in [6.45, 7) is 0. The summed E-state index contributed by atoms with van der Waals surface area (Å²) in [6, 6.07) is 0. The summed E-state index contributed by atoms with van der Waals surface area (Å²) < 4.78 is 0. The second-order valence-electron chi connectivity index (χ2n) is 2.04. The van der Waals surface area contributed by atoms with Gasteiger partial charge in [-0.05, 0) is 32.6 Å². The van der Waals surface area contributed by atoms with Crippen molar-refractivity contribution in [2.75, 3.05) is 6.26 Å². The Labute approximate surface area is 68.1 Å². The van der Waals surface area contributed by atoms with Crippen LogP contribution in [0.3, 0.4) is 0 Å². The third-order valence-electron chi connectivity index (χ3n) is 1.22. The van der Waals surface area contributed by atoms with Crippen molar-refractivity contribution in [1.29, 1.82) is 0 Å². The van der Waals surface area contributed by atoms with E-state index in [1.165, 1.54) is 0 Å². The van der Waals surface area contributed by atoms with E-state index in [4.69, 9.17) is 5.11 Å². The molecule has 0 aromatic carbocycles. The van der Waals surface area contributed by atoms with Crippen molar-refractivity contribution in [3.05, 3.63) is 22.5 Å². The summed E-state index contributed by atoms with van der Waals surface area (Å²) in [6.07, 6.45) is 5.29. The molecule has 0 amide bonds. The number of halogens is 1. The molecule has 1 rings (SSSR count). The van der Waals surface area contributed by atoms with Gasteiger partial charge in [-0.1, -0.05) is 6.08 Å². The molecule has 0 aromatic heterocycles. The first-order valence-corrected chi connectivity index (χ1v) is 6.58. The molecule has 1 heterocycles. The summed E-state index contributed by atoms with van der Waals surface area (Å²) in [5, 5.41) is 10.5. The van der Waals surface area contributed by atoms with E-state index >= 15 is 0 Å². The number of allylic oxidation sites excluding steroid dienone is 2. The van der Waals surface area contributed by atoms with Gasteiger partial charge in [-0.3, -0.25) is 0 Å². The molecule has 0 saturated heterocycles. The molecule has 0 saturated carbocycles. The van der Waals surface area contributed by atoms with Crippen molar-refractivity contribution in [2.24, 2.45) is 0 Å². The number of hydrogen-bond acceptors (Lipinski definition) is 1. The zero-order chi connectivity index (χ0) is 7.78. The van der Waals surface area contributed by atoms with Gasteiger partial charge in [-0.2, -0.15) is 0 Å². The number of carboxylic acids is 1. The molecule has 4 heteroatoms. The Morgan fingerprint density at radius 2 is 2.40 bits per heavy atom. The Bertz CT molecular complexity index is 230. The number of aliphatic carboxylic acids is 1. The summed E-state index contributed by atoms with van der Waals surface area (Å²) in [5.41, 5.74) is 0. The van der Waals surface area contributed by atoms with Crippen LogP contribution in [0.1, 0.15) is 0 Å². The van der Waals surface area contributed by atoms with Gasteiger partial charge < -0.3 is 5.11 Å². The predicted molar refractivity (Wildman–Crippen MR) is 47.3 cm³/mol. The third kappa shape index (κ3) is 1.27. The van der Waals surface area contributed by atoms with E-state index < -0.39 is 14.4 Å². The molecule has 0 radical (unpaired) electrons. The maximum absolute atomic E-state index is 10.5. The molecular formula is C6H7BrO2S. The Hall–Kier alpha value is -0.220. The van der Waals surface area contributed by atoms with E-state index in [0.717, 1.165) is 0 Å². The topological polar surface area (TPSA) is 37.3 Å². The van der Waals surface area contributed by atoms with Crippen LogP contribution in [0.2, 0.25) is 0 Å². The molecule has 10 heavy (non-hydrogen) atoms. The van der Waals surface area contributed by atoms with Crippen LogP contribution in [0.5, 0.6) is 0 Å². The lowest BCUT2D eigenvalue weighted by Crippen LogP contribution is -2.00. The van der Waals surface area contributed by atoms with Crippen molar-refractivity contribution in [3.8, 4) is 0 Å². The first-order chi connectivity index (χ1) is 4.54. The minimum atomic E-state index is -1.29. The van der Waals surface area contributed by atoms with Gasteiger partial charge in [0.05, 0.1) is 4.91 Å². The Balaban J connectivity index is 2.93. The molecule has 1 aliphatic rings. The van der Waals surface area contributed by atoms with Crippen molar-refractivity contribution < 1.29 is 9.90 Å². The second kappa shape index (κ2) is 2.43. The lowest BCUT2D eigenvalue weighted by atomic mass is 10.5. The van der Waals surface area contributed by atoms with Crippen LogP contribution >= 0.6 is 23.3 Å². The maximum atomic E-state index is 10.5. The third-order valence-corrected chi connectivity index (χ3v) is 4.76. The predicted octanol–water partition coefficient (Wildman–Crippen LogP) is 2.23. The van der Waals surface area contributed by atoms with E-state index in [-0.39, 0.29) is 0 Å². The van der Waals surface area contributed by atoms with Crippen molar-refractivity contribution >= 4 is 29.2 Å². The molecule has 1 aliphatic heterocycles. The Morgan fingerprint density at radius 1 is 1.80 bits per heavy atom. The number of carbonyl (C=O) groups is 1. The highest BCUT2D eigenvalue weighted by molar-refractivity contribution is 9.59. The highest BCUT2D eigenvalue weighted by atomic mass is 79.9.